The van der Waals surface area contributed by atoms with E-state index >= 15 is 0 Å². The average molecular weight is 450 g/mol. The van der Waals surface area contributed by atoms with E-state index in [4.69, 9.17) is 0 Å². The van der Waals surface area contributed by atoms with Gasteiger partial charge in [0, 0.05) is 13.1 Å². The van der Waals surface area contributed by atoms with E-state index < -0.39 is 34.3 Å². The number of carbonyl (C=O) groups excluding carboxylic acids is 2. The van der Waals surface area contributed by atoms with E-state index in [0.29, 0.717) is 13.0 Å². The Labute approximate surface area is 182 Å². The van der Waals surface area contributed by atoms with Crippen LogP contribution in [0.1, 0.15) is 19.4 Å². The van der Waals surface area contributed by atoms with Crippen LogP contribution in [0.3, 0.4) is 0 Å². The minimum atomic E-state index is -3.95. The first-order chi connectivity index (χ1) is 14.6. The van der Waals surface area contributed by atoms with E-state index in [1.807, 2.05) is 30.3 Å². The summed E-state index contributed by atoms with van der Waals surface area (Å²) in [5.41, 5.74) is 0.754. The van der Waals surface area contributed by atoms with Crippen molar-refractivity contribution >= 4 is 27.5 Å². The molecule has 0 saturated heterocycles. The Morgan fingerprint density at radius 1 is 1.06 bits per heavy atom. The summed E-state index contributed by atoms with van der Waals surface area (Å²) < 4.78 is 39.7. The van der Waals surface area contributed by atoms with Crippen molar-refractivity contribution in [2.24, 2.45) is 0 Å². The first-order valence-electron chi connectivity index (χ1n) is 9.98. The summed E-state index contributed by atoms with van der Waals surface area (Å²) >= 11 is 0. The van der Waals surface area contributed by atoms with Gasteiger partial charge in [-0.05, 0) is 38.0 Å². The molecule has 168 valence electrons. The smallest absolute Gasteiger partial charge is 0.244 e. The number of amides is 2. The van der Waals surface area contributed by atoms with Gasteiger partial charge in [0.2, 0.25) is 21.8 Å². The van der Waals surface area contributed by atoms with Crippen LogP contribution in [-0.2, 0) is 26.0 Å². The van der Waals surface area contributed by atoms with Crippen molar-refractivity contribution in [1.29, 1.82) is 0 Å². The fraction of sp³-hybridized carbons (Fsp3) is 0.364. The van der Waals surface area contributed by atoms with Crippen LogP contribution in [0.5, 0.6) is 0 Å². The van der Waals surface area contributed by atoms with Gasteiger partial charge >= 0.3 is 0 Å². The number of rotatable bonds is 10. The van der Waals surface area contributed by atoms with Gasteiger partial charge in [-0.2, -0.15) is 0 Å². The third-order valence-electron chi connectivity index (χ3n) is 4.80. The summed E-state index contributed by atoms with van der Waals surface area (Å²) in [6, 6.07) is 14.0. The number of hydrogen-bond donors (Lipinski definition) is 1. The number of nitrogens with zero attached hydrogens (tertiary/aromatic N) is 2. The van der Waals surface area contributed by atoms with Crippen molar-refractivity contribution in [3.8, 4) is 0 Å². The van der Waals surface area contributed by atoms with Crippen molar-refractivity contribution in [3.63, 3.8) is 0 Å². The number of halogens is 1. The van der Waals surface area contributed by atoms with Crippen LogP contribution >= 0.6 is 0 Å². The van der Waals surface area contributed by atoms with E-state index in [9.17, 15) is 22.4 Å². The number of benzene rings is 2. The molecule has 7 nitrogen and oxygen atoms in total. The summed E-state index contributed by atoms with van der Waals surface area (Å²) in [5, 5.41) is 2.68. The molecule has 0 saturated carbocycles. The SMILES string of the molecule is CCNC(=O)C(C)N(CCc1ccccc1)C(=O)CN(c1ccccc1F)S(C)(=O)=O. The molecule has 0 heterocycles. The molecule has 2 rings (SSSR count). The van der Waals surface area contributed by atoms with E-state index in [1.54, 1.807) is 13.8 Å². The standard InChI is InChI=1S/C22H28FN3O4S/c1-4-24-22(28)17(2)25(15-14-18-10-6-5-7-11-18)21(27)16-26(31(3,29)30)20-13-9-8-12-19(20)23/h5-13,17H,4,14-16H2,1-3H3,(H,24,28). The average Bonchev–Trinajstić information content (AvgIpc) is 2.73. The van der Waals surface area contributed by atoms with Gasteiger partial charge in [0.15, 0.2) is 0 Å². The molecule has 1 N–H and O–H groups in total. The van der Waals surface area contributed by atoms with E-state index in [1.165, 1.54) is 23.1 Å². The Hall–Kier alpha value is -2.94. The van der Waals surface area contributed by atoms with Crippen LogP contribution < -0.4 is 9.62 Å². The van der Waals surface area contributed by atoms with Crippen molar-refractivity contribution < 1.29 is 22.4 Å². The van der Waals surface area contributed by atoms with Gasteiger partial charge in [0.25, 0.3) is 0 Å². The first kappa shape index (κ1) is 24.3. The van der Waals surface area contributed by atoms with Crippen LogP contribution in [0.15, 0.2) is 54.6 Å². The van der Waals surface area contributed by atoms with E-state index in [-0.39, 0.29) is 18.1 Å². The highest BCUT2D eigenvalue weighted by atomic mass is 32.2. The molecule has 2 aromatic carbocycles. The van der Waals surface area contributed by atoms with Gasteiger partial charge < -0.3 is 10.2 Å². The number of nitrogens with one attached hydrogen (secondary N) is 1. The minimum Gasteiger partial charge on any atom is -0.355 e. The topological polar surface area (TPSA) is 86.8 Å². The number of para-hydroxylation sites is 1. The Kier molecular flexibility index (Phi) is 8.56. The number of likely N-dealkylation sites (N-methyl/N-ethyl adjacent to an activating group) is 1. The molecule has 2 aromatic rings. The predicted molar refractivity (Wildman–Crippen MR) is 119 cm³/mol. The molecular weight excluding hydrogens is 421 g/mol. The molecule has 0 radical (unpaired) electrons. The van der Waals surface area contributed by atoms with Crippen molar-refractivity contribution in [2.45, 2.75) is 26.3 Å². The maximum Gasteiger partial charge on any atom is 0.244 e. The van der Waals surface area contributed by atoms with Crippen LogP contribution in [0, 0.1) is 5.82 Å². The fourth-order valence-corrected chi connectivity index (χ4v) is 3.99. The Bertz CT molecular complexity index is 999. The van der Waals surface area contributed by atoms with Crippen LogP contribution in [0.2, 0.25) is 0 Å². The molecule has 0 aliphatic carbocycles. The molecule has 0 bridgehead atoms. The maximum atomic E-state index is 14.3. The second-order valence-corrected chi connectivity index (χ2v) is 9.02. The predicted octanol–water partition coefficient (Wildman–Crippen LogP) is 2.19. The zero-order chi connectivity index (χ0) is 23.0. The maximum absolute atomic E-state index is 14.3. The van der Waals surface area contributed by atoms with Gasteiger partial charge in [-0.3, -0.25) is 13.9 Å². The zero-order valence-electron chi connectivity index (χ0n) is 17.9. The third-order valence-corrected chi connectivity index (χ3v) is 5.93. The fourth-order valence-electron chi connectivity index (χ4n) is 3.14. The second kappa shape index (κ2) is 10.9. The number of anilines is 1. The van der Waals surface area contributed by atoms with Crippen molar-refractivity contribution in [1.82, 2.24) is 10.2 Å². The molecule has 1 atom stereocenters. The van der Waals surface area contributed by atoms with E-state index in [0.717, 1.165) is 22.2 Å². The van der Waals surface area contributed by atoms with Crippen LogP contribution in [0.25, 0.3) is 0 Å². The van der Waals surface area contributed by atoms with Gasteiger partial charge in [-0.15, -0.1) is 0 Å². The molecule has 0 fully saturated rings. The molecule has 0 aliphatic heterocycles. The molecular formula is C22H28FN3O4S. The second-order valence-electron chi connectivity index (χ2n) is 7.11. The van der Waals surface area contributed by atoms with Gasteiger partial charge in [-0.25, -0.2) is 12.8 Å². The normalized spacial score (nSPS) is 12.1. The molecule has 0 spiro atoms. The van der Waals surface area contributed by atoms with Gasteiger partial charge in [0.05, 0.1) is 11.9 Å². The molecule has 1 unspecified atom stereocenters. The summed E-state index contributed by atoms with van der Waals surface area (Å²) in [4.78, 5) is 26.9. The Morgan fingerprint density at radius 2 is 1.68 bits per heavy atom. The van der Waals surface area contributed by atoms with Crippen LogP contribution in [-0.4, -0.2) is 57.1 Å². The van der Waals surface area contributed by atoms with Crippen molar-refractivity contribution in [2.75, 3.05) is 30.2 Å². The molecule has 0 aliphatic rings. The minimum absolute atomic E-state index is 0.204. The lowest BCUT2D eigenvalue weighted by molar-refractivity contribution is -0.138. The molecule has 0 aromatic heterocycles. The van der Waals surface area contributed by atoms with Crippen molar-refractivity contribution in [3.05, 3.63) is 66.0 Å². The largest absolute Gasteiger partial charge is 0.355 e. The lowest BCUT2D eigenvalue weighted by Gasteiger charge is -2.31. The molecule has 31 heavy (non-hydrogen) atoms. The quantitative estimate of drug-likeness (QED) is 0.602. The van der Waals surface area contributed by atoms with Gasteiger partial charge in [-0.1, -0.05) is 42.5 Å². The lowest BCUT2D eigenvalue weighted by atomic mass is 10.1. The highest BCUT2D eigenvalue weighted by Crippen LogP contribution is 2.21. The number of carbonyl (C=O) groups is 2. The van der Waals surface area contributed by atoms with Gasteiger partial charge in [0.1, 0.15) is 18.4 Å². The summed E-state index contributed by atoms with van der Waals surface area (Å²) in [5.74, 6) is -1.70. The number of sulfonamides is 1. The summed E-state index contributed by atoms with van der Waals surface area (Å²) in [7, 11) is -3.95. The van der Waals surface area contributed by atoms with Crippen LogP contribution in [0.4, 0.5) is 10.1 Å². The lowest BCUT2D eigenvalue weighted by Crippen LogP contribution is -2.52. The Balaban J connectivity index is 2.30. The Morgan fingerprint density at radius 3 is 2.26 bits per heavy atom. The monoisotopic (exact) mass is 449 g/mol. The molecule has 9 heteroatoms. The van der Waals surface area contributed by atoms with E-state index in [2.05, 4.69) is 5.32 Å². The molecule has 2 amide bonds. The highest BCUT2D eigenvalue weighted by molar-refractivity contribution is 7.92. The first-order valence-corrected chi connectivity index (χ1v) is 11.8. The number of hydrogen-bond acceptors (Lipinski definition) is 4. The highest BCUT2D eigenvalue weighted by Gasteiger charge is 2.30. The summed E-state index contributed by atoms with van der Waals surface area (Å²) in [6.45, 7) is 3.34. The third kappa shape index (κ3) is 6.78. The zero-order valence-corrected chi connectivity index (χ0v) is 18.7. The summed E-state index contributed by atoms with van der Waals surface area (Å²) in [6.07, 6.45) is 1.39.